The summed E-state index contributed by atoms with van der Waals surface area (Å²) in [5.41, 5.74) is 15.4. The highest BCUT2D eigenvalue weighted by Crippen LogP contribution is 2.39. The van der Waals surface area contributed by atoms with Gasteiger partial charge in [-0.25, -0.2) is 0 Å². The minimum absolute atomic E-state index is 0.918. The van der Waals surface area contributed by atoms with Gasteiger partial charge in [0.15, 0.2) is 0 Å². The molecule has 4 heteroatoms. The van der Waals surface area contributed by atoms with Crippen LogP contribution in [0.1, 0.15) is 42.8 Å². The molecular formula is C56H44N4. The Kier molecular flexibility index (Phi) is 9.28. The Balaban J connectivity index is 1.11. The van der Waals surface area contributed by atoms with E-state index in [0.29, 0.717) is 0 Å². The van der Waals surface area contributed by atoms with Gasteiger partial charge >= 0.3 is 0 Å². The Morgan fingerprint density at radius 3 is 1.20 bits per heavy atom. The molecular weight excluding hydrogens is 729 g/mol. The third-order valence-corrected chi connectivity index (χ3v) is 11.7. The topological polar surface area (TPSA) is 18.0 Å². The molecule has 0 unspecified atom stereocenters. The first kappa shape index (κ1) is 36.6. The molecule has 0 radical (unpaired) electrons. The number of aromatic nitrogens is 3. The van der Waals surface area contributed by atoms with Crippen molar-refractivity contribution >= 4 is 72.8 Å². The van der Waals surface area contributed by atoms with Crippen molar-refractivity contribution in [2.75, 3.05) is 4.90 Å². The van der Waals surface area contributed by atoms with Gasteiger partial charge in [0, 0.05) is 55.7 Å². The lowest BCUT2D eigenvalue weighted by molar-refractivity contribution is 1.04. The highest BCUT2D eigenvalue weighted by Gasteiger charge is 2.20. The van der Waals surface area contributed by atoms with Crippen LogP contribution in [0.4, 0.5) is 17.1 Å². The zero-order valence-corrected chi connectivity index (χ0v) is 34.0. The van der Waals surface area contributed by atoms with Crippen LogP contribution >= 0.6 is 0 Å². The molecule has 0 aliphatic rings. The summed E-state index contributed by atoms with van der Waals surface area (Å²) in [5.74, 6) is 2.98. The fourth-order valence-electron chi connectivity index (χ4n) is 9.04. The van der Waals surface area contributed by atoms with Crippen molar-refractivity contribution in [1.82, 2.24) is 13.7 Å². The lowest BCUT2D eigenvalue weighted by Gasteiger charge is -2.26. The Hall–Kier alpha value is -7.74. The van der Waals surface area contributed by atoms with Crippen molar-refractivity contribution < 1.29 is 0 Å². The number of fused-ring (bicyclic) bond motifs is 6. The number of hydrogen-bond donors (Lipinski definition) is 0. The van der Waals surface area contributed by atoms with Gasteiger partial charge in [-0.15, -0.1) is 6.42 Å². The van der Waals surface area contributed by atoms with Gasteiger partial charge in [0.25, 0.3) is 0 Å². The number of para-hydroxylation sites is 4. The molecule has 0 aliphatic heterocycles. The first-order chi connectivity index (χ1) is 29.6. The van der Waals surface area contributed by atoms with Crippen molar-refractivity contribution in [3.63, 3.8) is 0 Å². The largest absolute Gasteiger partial charge is 0.310 e. The van der Waals surface area contributed by atoms with Crippen LogP contribution in [0.25, 0.3) is 72.8 Å². The molecule has 0 aliphatic carbocycles. The summed E-state index contributed by atoms with van der Waals surface area (Å²) in [6.45, 7) is 6.31. The van der Waals surface area contributed by atoms with Crippen LogP contribution in [0.15, 0.2) is 182 Å². The highest BCUT2D eigenvalue weighted by atomic mass is 15.1. The van der Waals surface area contributed by atoms with Crippen LogP contribution in [0.5, 0.6) is 0 Å². The Labute approximate surface area is 351 Å². The van der Waals surface area contributed by atoms with Gasteiger partial charge in [-0.2, -0.15) is 0 Å². The fourth-order valence-corrected chi connectivity index (χ4v) is 9.04. The average molecular weight is 773 g/mol. The molecule has 7 aromatic carbocycles. The summed E-state index contributed by atoms with van der Waals surface area (Å²) in [5, 5.41) is 5.00. The van der Waals surface area contributed by atoms with E-state index in [2.05, 4.69) is 233 Å². The molecule has 10 aromatic rings. The summed E-state index contributed by atoms with van der Waals surface area (Å²) in [6, 6.07) is 61.4. The predicted molar refractivity (Wildman–Crippen MR) is 256 cm³/mol. The molecule has 0 N–H and O–H groups in total. The van der Waals surface area contributed by atoms with Crippen LogP contribution < -0.4 is 4.90 Å². The second-order valence-corrected chi connectivity index (χ2v) is 15.2. The summed E-state index contributed by atoms with van der Waals surface area (Å²) in [4.78, 5) is 2.34. The molecule has 0 atom stereocenters. The molecule has 0 spiro atoms. The molecule has 0 saturated heterocycles. The summed E-state index contributed by atoms with van der Waals surface area (Å²) >= 11 is 0. The van der Waals surface area contributed by atoms with Crippen molar-refractivity contribution in [2.24, 2.45) is 0 Å². The minimum atomic E-state index is 0.918. The van der Waals surface area contributed by atoms with E-state index in [-0.39, 0.29) is 0 Å². The molecule has 0 saturated carbocycles. The van der Waals surface area contributed by atoms with E-state index in [9.17, 15) is 0 Å². The number of hydrogen-bond acceptors (Lipinski definition) is 1. The van der Waals surface area contributed by atoms with Crippen molar-refractivity contribution in [1.29, 1.82) is 0 Å². The van der Waals surface area contributed by atoms with Crippen LogP contribution in [0, 0.1) is 19.3 Å². The molecule has 3 aromatic heterocycles. The zero-order chi connectivity index (χ0) is 40.7. The van der Waals surface area contributed by atoms with Gasteiger partial charge in [0.05, 0.1) is 39.0 Å². The smallest absolute Gasteiger partial charge is 0.0618 e. The van der Waals surface area contributed by atoms with Crippen molar-refractivity contribution in [3.8, 4) is 29.4 Å². The normalized spacial score (nSPS) is 11.8. The first-order valence-corrected chi connectivity index (χ1v) is 20.7. The number of terminal acetylenes is 1. The SMILES string of the molecule is C#Cc1c(C)c(/C=C\CC)n(-c2ccc(N(c3ccc(-n4c5ccccc5c5ccccc54)cc3)c3ccc(-n4c5ccccc5c5ccccc54)cc3)cc2)c1/C=C\C. The third kappa shape index (κ3) is 5.94. The lowest BCUT2D eigenvalue weighted by atomic mass is 10.1. The van der Waals surface area contributed by atoms with Crippen LogP contribution in [-0.4, -0.2) is 13.7 Å². The van der Waals surface area contributed by atoms with Gasteiger partial charge in [0.1, 0.15) is 0 Å². The number of rotatable bonds is 9. The lowest BCUT2D eigenvalue weighted by Crippen LogP contribution is -2.11. The first-order valence-electron chi connectivity index (χ1n) is 20.7. The van der Waals surface area contributed by atoms with Gasteiger partial charge in [-0.05, 0) is 135 Å². The second kappa shape index (κ2) is 15.2. The van der Waals surface area contributed by atoms with Crippen LogP contribution in [-0.2, 0) is 0 Å². The van der Waals surface area contributed by atoms with Crippen molar-refractivity contribution in [3.05, 3.63) is 205 Å². The van der Waals surface area contributed by atoms with Gasteiger partial charge in [-0.1, -0.05) is 97.8 Å². The van der Waals surface area contributed by atoms with E-state index in [1.807, 2.05) is 6.92 Å². The average Bonchev–Trinajstić information content (AvgIpc) is 3.91. The number of benzene rings is 7. The number of allylic oxidation sites excluding steroid dienone is 2. The minimum Gasteiger partial charge on any atom is -0.310 e. The van der Waals surface area contributed by atoms with Crippen LogP contribution in [0.2, 0.25) is 0 Å². The zero-order valence-electron chi connectivity index (χ0n) is 34.0. The van der Waals surface area contributed by atoms with Gasteiger partial charge in [-0.3, -0.25) is 0 Å². The highest BCUT2D eigenvalue weighted by molar-refractivity contribution is 6.10. The maximum atomic E-state index is 6.12. The maximum Gasteiger partial charge on any atom is 0.0618 e. The summed E-state index contributed by atoms with van der Waals surface area (Å²) in [7, 11) is 0. The molecule has 0 bridgehead atoms. The number of nitrogens with zero attached hydrogens (tertiary/aromatic N) is 4. The standard InChI is InChI=1S/C56H44N4/c1-5-8-22-51-39(4)46(7-3)52(17-6-2)58(51)43-33-27-40(28-34-43)57(41-29-35-44(36-30-41)59-53-23-13-9-18-47(53)48-19-10-14-24-54(48)59)42-31-37-45(38-32-42)60-55-25-15-11-20-49(55)50-21-12-16-26-56(50)60/h3,6,8-38H,5H2,1-2,4H3/b17-6-,22-8-. The van der Waals surface area contributed by atoms with E-state index in [1.165, 1.54) is 43.6 Å². The maximum absolute atomic E-state index is 6.12. The van der Waals surface area contributed by atoms with E-state index in [4.69, 9.17) is 6.42 Å². The Bertz CT molecular complexity index is 3040. The molecule has 4 nitrogen and oxygen atoms in total. The third-order valence-electron chi connectivity index (χ3n) is 11.7. The number of anilines is 3. The molecule has 10 rings (SSSR count). The van der Waals surface area contributed by atoms with Crippen LogP contribution in [0.3, 0.4) is 0 Å². The Morgan fingerprint density at radius 1 is 0.483 bits per heavy atom. The fraction of sp³-hybridized carbons (Fsp3) is 0.0714. The second-order valence-electron chi connectivity index (χ2n) is 15.2. The van der Waals surface area contributed by atoms with Gasteiger partial charge in [0.2, 0.25) is 0 Å². The summed E-state index contributed by atoms with van der Waals surface area (Å²) in [6.07, 6.45) is 15.6. The molecule has 60 heavy (non-hydrogen) atoms. The van der Waals surface area contributed by atoms with E-state index in [1.54, 1.807) is 0 Å². The summed E-state index contributed by atoms with van der Waals surface area (Å²) < 4.78 is 7.01. The monoisotopic (exact) mass is 772 g/mol. The molecule has 3 heterocycles. The van der Waals surface area contributed by atoms with E-state index in [0.717, 1.165) is 63.1 Å². The van der Waals surface area contributed by atoms with E-state index >= 15 is 0 Å². The molecule has 0 amide bonds. The van der Waals surface area contributed by atoms with Gasteiger partial charge < -0.3 is 18.6 Å². The predicted octanol–water partition coefficient (Wildman–Crippen LogP) is 14.9. The molecule has 0 fully saturated rings. The quantitative estimate of drug-likeness (QED) is 0.134. The Morgan fingerprint density at radius 2 is 0.850 bits per heavy atom. The molecule has 288 valence electrons. The van der Waals surface area contributed by atoms with E-state index < -0.39 is 0 Å². The van der Waals surface area contributed by atoms with Crippen molar-refractivity contribution in [2.45, 2.75) is 27.2 Å².